The highest BCUT2D eigenvalue weighted by Crippen LogP contribution is 2.33. The Labute approximate surface area is 126 Å². The first kappa shape index (κ1) is 13.6. The van der Waals surface area contributed by atoms with Gasteiger partial charge in [0.05, 0.1) is 18.8 Å². The van der Waals surface area contributed by atoms with Crippen LogP contribution in [0.15, 0.2) is 53.0 Å². The third-order valence-corrected chi connectivity index (χ3v) is 3.58. The lowest BCUT2D eigenvalue weighted by Crippen LogP contribution is -2.04. The molecule has 1 heterocycles. The predicted octanol–water partition coefficient (Wildman–Crippen LogP) is 4.07. The van der Waals surface area contributed by atoms with Crippen LogP contribution in [0.4, 0.5) is 0 Å². The van der Waals surface area contributed by atoms with Crippen molar-refractivity contribution in [1.82, 2.24) is 0 Å². The summed E-state index contributed by atoms with van der Waals surface area (Å²) in [6.07, 6.45) is -0.335. The minimum atomic E-state index is -0.335. The number of hydrogen-bond acceptors (Lipinski definition) is 3. The maximum atomic E-state index is 5.91. The molecular weight excluding hydrogens is 320 g/mol. The zero-order chi connectivity index (χ0) is 13.8. The second-order valence-electron chi connectivity index (χ2n) is 4.53. The lowest BCUT2D eigenvalue weighted by molar-refractivity contribution is -0.0459. The van der Waals surface area contributed by atoms with Crippen LogP contribution in [0.25, 0.3) is 0 Å². The molecule has 0 N–H and O–H groups in total. The average molecular weight is 335 g/mol. The first-order chi connectivity index (χ1) is 9.83. The monoisotopic (exact) mass is 334 g/mol. The Bertz CT molecular complexity index is 565. The van der Waals surface area contributed by atoms with E-state index in [0.29, 0.717) is 19.8 Å². The van der Waals surface area contributed by atoms with Crippen LogP contribution in [-0.4, -0.2) is 13.2 Å². The minimum Gasteiger partial charge on any atom is -0.488 e. The highest BCUT2D eigenvalue weighted by atomic mass is 79.9. The molecule has 0 atom stereocenters. The van der Waals surface area contributed by atoms with E-state index >= 15 is 0 Å². The molecule has 0 amide bonds. The number of halogens is 1. The van der Waals surface area contributed by atoms with Gasteiger partial charge in [0.15, 0.2) is 6.29 Å². The van der Waals surface area contributed by atoms with Gasteiger partial charge in [-0.25, -0.2) is 0 Å². The van der Waals surface area contributed by atoms with Crippen LogP contribution in [-0.2, 0) is 16.1 Å². The van der Waals surface area contributed by atoms with Crippen molar-refractivity contribution >= 4 is 15.9 Å². The van der Waals surface area contributed by atoms with Crippen LogP contribution in [0, 0.1) is 0 Å². The van der Waals surface area contributed by atoms with Crippen LogP contribution in [0.1, 0.15) is 17.4 Å². The summed E-state index contributed by atoms with van der Waals surface area (Å²) in [6, 6.07) is 16.0. The lowest BCUT2D eigenvalue weighted by atomic mass is 10.2. The van der Waals surface area contributed by atoms with Crippen LogP contribution in [0.5, 0.6) is 5.75 Å². The number of hydrogen-bond donors (Lipinski definition) is 0. The van der Waals surface area contributed by atoms with Gasteiger partial charge >= 0.3 is 0 Å². The SMILES string of the molecule is Brc1ccc(OCc2ccccc2)c(C2OCCO2)c1. The summed E-state index contributed by atoms with van der Waals surface area (Å²) in [6.45, 7) is 1.77. The van der Waals surface area contributed by atoms with Crippen molar-refractivity contribution in [3.05, 3.63) is 64.1 Å². The summed E-state index contributed by atoms with van der Waals surface area (Å²) >= 11 is 3.47. The van der Waals surface area contributed by atoms with Crippen molar-refractivity contribution in [2.45, 2.75) is 12.9 Å². The Morgan fingerprint density at radius 3 is 2.55 bits per heavy atom. The van der Waals surface area contributed by atoms with E-state index in [-0.39, 0.29) is 6.29 Å². The quantitative estimate of drug-likeness (QED) is 0.843. The van der Waals surface area contributed by atoms with E-state index in [1.54, 1.807) is 0 Å². The average Bonchev–Trinajstić information content (AvgIpc) is 3.01. The summed E-state index contributed by atoms with van der Waals surface area (Å²) in [5.74, 6) is 0.795. The summed E-state index contributed by atoms with van der Waals surface area (Å²) in [5, 5.41) is 0. The maximum absolute atomic E-state index is 5.91. The standard InChI is InChI=1S/C16H15BrO3/c17-13-6-7-15(14(10-13)16-18-8-9-19-16)20-11-12-4-2-1-3-5-12/h1-7,10,16H,8-9,11H2. The minimum absolute atomic E-state index is 0.335. The van der Waals surface area contributed by atoms with Crippen LogP contribution in [0.2, 0.25) is 0 Å². The number of ether oxygens (including phenoxy) is 3. The van der Waals surface area contributed by atoms with E-state index in [1.807, 2.05) is 48.5 Å². The van der Waals surface area contributed by atoms with Gasteiger partial charge in [0.2, 0.25) is 0 Å². The molecule has 4 heteroatoms. The van der Waals surface area contributed by atoms with Crippen molar-refractivity contribution in [2.75, 3.05) is 13.2 Å². The molecule has 1 saturated heterocycles. The van der Waals surface area contributed by atoms with Crippen molar-refractivity contribution in [1.29, 1.82) is 0 Å². The molecule has 0 saturated carbocycles. The smallest absolute Gasteiger partial charge is 0.187 e. The zero-order valence-electron chi connectivity index (χ0n) is 10.9. The van der Waals surface area contributed by atoms with Crippen LogP contribution >= 0.6 is 15.9 Å². The summed E-state index contributed by atoms with van der Waals surface area (Å²) < 4.78 is 18.0. The van der Waals surface area contributed by atoms with Crippen LogP contribution in [0.3, 0.4) is 0 Å². The largest absolute Gasteiger partial charge is 0.488 e. The molecule has 1 aliphatic rings. The highest BCUT2D eigenvalue weighted by Gasteiger charge is 2.22. The molecule has 0 bridgehead atoms. The van der Waals surface area contributed by atoms with Gasteiger partial charge in [-0.3, -0.25) is 0 Å². The van der Waals surface area contributed by atoms with Gasteiger partial charge < -0.3 is 14.2 Å². The Morgan fingerprint density at radius 2 is 1.80 bits per heavy atom. The third-order valence-electron chi connectivity index (χ3n) is 3.08. The Hall–Kier alpha value is -1.36. The summed E-state index contributed by atoms with van der Waals surface area (Å²) in [7, 11) is 0. The molecule has 20 heavy (non-hydrogen) atoms. The van der Waals surface area contributed by atoms with Crippen molar-refractivity contribution in [3.8, 4) is 5.75 Å². The fourth-order valence-corrected chi connectivity index (χ4v) is 2.49. The molecular formula is C16H15BrO3. The zero-order valence-corrected chi connectivity index (χ0v) is 12.5. The molecule has 0 aromatic heterocycles. The number of benzene rings is 2. The predicted molar refractivity (Wildman–Crippen MR) is 79.6 cm³/mol. The van der Waals surface area contributed by atoms with Gasteiger partial charge in [-0.1, -0.05) is 46.3 Å². The van der Waals surface area contributed by atoms with E-state index in [0.717, 1.165) is 21.3 Å². The lowest BCUT2D eigenvalue weighted by Gasteiger charge is -2.16. The second-order valence-corrected chi connectivity index (χ2v) is 5.45. The molecule has 3 nitrogen and oxygen atoms in total. The third kappa shape index (κ3) is 3.20. The fraction of sp³-hybridized carbons (Fsp3) is 0.250. The molecule has 104 valence electrons. The van der Waals surface area contributed by atoms with Crippen molar-refractivity contribution < 1.29 is 14.2 Å². The molecule has 0 unspecified atom stereocenters. The Morgan fingerprint density at radius 1 is 1.05 bits per heavy atom. The highest BCUT2D eigenvalue weighted by molar-refractivity contribution is 9.10. The van der Waals surface area contributed by atoms with Gasteiger partial charge in [0.25, 0.3) is 0 Å². The van der Waals surface area contributed by atoms with E-state index in [1.165, 1.54) is 0 Å². The van der Waals surface area contributed by atoms with Gasteiger partial charge in [-0.15, -0.1) is 0 Å². The second kappa shape index (κ2) is 6.39. The number of rotatable bonds is 4. The van der Waals surface area contributed by atoms with Gasteiger partial charge in [0.1, 0.15) is 12.4 Å². The molecule has 3 rings (SSSR count). The molecule has 0 radical (unpaired) electrons. The fourth-order valence-electron chi connectivity index (χ4n) is 2.11. The van der Waals surface area contributed by atoms with E-state index < -0.39 is 0 Å². The molecule has 2 aromatic carbocycles. The van der Waals surface area contributed by atoms with E-state index in [4.69, 9.17) is 14.2 Å². The maximum Gasteiger partial charge on any atom is 0.187 e. The van der Waals surface area contributed by atoms with Crippen molar-refractivity contribution in [2.24, 2.45) is 0 Å². The first-order valence-electron chi connectivity index (χ1n) is 6.52. The first-order valence-corrected chi connectivity index (χ1v) is 7.31. The molecule has 0 aliphatic carbocycles. The normalized spacial score (nSPS) is 15.4. The molecule has 0 spiro atoms. The van der Waals surface area contributed by atoms with Gasteiger partial charge in [0, 0.05) is 4.47 Å². The Kier molecular flexibility index (Phi) is 4.35. The molecule has 1 aliphatic heterocycles. The summed E-state index contributed by atoms with van der Waals surface area (Å²) in [4.78, 5) is 0. The van der Waals surface area contributed by atoms with Crippen molar-refractivity contribution in [3.63, 3.8) is 0 Å². The van der Waals surface area contributed by atoms with E-state index in [2.05, 4.69) is 15.9 Å². The van der Waals surface area contributed by atoms with Crippen LogP contribution < -0.4 is 4.74 Å². The summed E-state index contributed by atoms with van der Waals surface area (Å²) in [5.41, 5.74) is 2.06. The van der Waals surface area contributed by atoms with Gasteiger partial charge in [-0.05, 0) is 23.8 Å². The topological polar surface area (TPSA) is 27.7 Å². The van der Waals surface area contributed by atoms with E-state index in [9.17, 15) is 0 Å². The molecule has 1 fully saturated rings. The Balaban J connectivity index is 1.78. The van der Waals surface area contributed by atoms with Gasteiger partial charge in [-0.2, -0.15) is 0 Å². The molecule has 2 aromatic rings.